The fourth-order valence-electron chi connectivity index (χ4n) is 1.33. The van der Waals surface area contributed by atoms with E-state index >= 15 is 0 Å². The molecule has 0 saturated carbocycles. The lowest BCUT2D eigenvalue weighted by Crippen LogP contribution is -2.26. The molecule has 1 aromatic rings. The number of rotatable bonds is 3. The number of hydrogen-bond donors (Lipinski definition) is 0. The minimum Gasteiger partial charge on any atom is -0.287 e. The maximum Gasteiger partial charge on any atom is 0.0949 e. The van der Waals surface area contributed by atoms with Crippen molar-refractivity contribution in [2.24, 2.45) is 0 Å². The third kappa shape index (κ3) is 3.23. The average molecular weight is 223 g/mol. The summed E-state index contributed by atoms with van der Waals surface area (Å²) >= 11 is 5.94. The second-order valence-corrected chi connectivity index (χ2v) is 4.21. The fraction of sp³-hybridized carbons (Fsp3) is 0.417. The zero-order chi connectivity index (χ0) is 11.4. The number of aryl methyl sites for hydroxylation is 1. The molecule has 0 heterocycles. The van der Waals surface area contributed by atoms with Crippen LogP contribution in [0, 0.1) is 18.3 Å². The Morgan fingerprint density at radius 2 is 2.20 bits per heavy atom. The van der Waals surface area contributed by atoms with E-state index in [-0.39, 0.29) is 6.04 Å². The van der Waals surface area contributed by atoms with E-state index in [0.717, 1.165) is 17.1 Å². The van der Waals surface area contributed by atoms with Gasteiger partial charge in [0.25, 0.3) is 0 Å². The van der Waals surface area contributed by atoms with E-state index in [4.69, 9.17) is 16.9 Å². The van der Waals surface area contributed by atoms with Gasteiger partial charge < -0.3 is 0 Å². The third-order valence-corrected chi connectivity index (χ3v) is 2.93. The summed E-state index contributed by atoms with van der Waals surface area (Å²) in [6.07, 6.45) is 0. The second-order valence-electron chi connectivity index (χ2n) is 3.80. The Balaban J connectivity index is 2.74. The molecule has 0 aliphatic rings. The molecule has 0 radical (unpaired) electrons. The summed E-state index contributed by atoms with van der Waals surface area (Å²) in [7, 11) is 1.94. The van der Waals surface area contributed by atoms with Gasteiger partial charge in [-0.2, -0.15) is 5.26 Å². The minimum atomic E-state index is -0.0685. The summed E-state index contributed by atoms with van der Waals surface area (Å²) in [5.74, 6) is 0. The van der Waals surface area contributed by atoms with Gasteiger partial charge in [-0.1, -0.05) is 23.7 Å². The Morgan fingerprint density at radius 1 is 1.53 bits per heavy atom. The minimum absolute atomic E-state index is 0.0685. The van der Waals surface area contributed by atoms with Crippen molar-refractivity contribution in [3.05, 3.63) is 34.3 Å². The van der Waals surface area contributed by atoms with Crippen LogP contribution in [0.5, 0.6) is 0 Å². The Morgan fingerprint density at radius 3 is 2.73 bits per heavy atom. The number of nitrogens with zero attached hydrogens (tertiary/aromatic N) is 2. The number of hydrogen-bond acceptors (Lipinski definition) is 2. The van der Waals surface area contributed by atoms with E-state index in [0.29, 0.717) is 0 Å². The topological polar surface area (TPSA) is 27.0 Å². The second kappa shape index (κ2) is 5.16. The summed E-state index contributed by atoms with van der Waals surface area (Å²) in [5.41, 5.74) is 2.26. The molecular weight excluding hydrogens is 208 g/mol. The summed E-state index contributed by atoms with van der Waals surface area (Å²) in [4.78, 5) is 2.00. The van der Waals surface area contributed by atoms with E-state index in [1.54, 1.807) is 0 Å². The van der Waals surface area contributed by atoms with Crippen LogP contribution in [0.2, 0.25) is 5.02 Å². The molecule has 0 aliphatic heterocycles. The first-order valence-corrected chi connectivity index (χ1v) is 5.27. The third-order valence-electron chi connectivity index (χ3n) is 2.50. The molecule has 0 bridgehead atoms. The van der Waals surface area contributed by atoms with Crippen LogP contribution in [-0.4, -0.2) is 18.0 Å². The number of halogens is 1. The molecular formula is C12H15ClN2. The molecule has 0 fully saturated rings. The van der Waals surface area contributed by atoms with Crippen molar-refractivity contribution in [2.45, 2.75) is 26.4 Å². The summed E-state index contributed by atoms with van der Waals surface area (Å²) in [5, 5.41) is 9.56. The molecule has 0 saturated heterocycles. The molecule has 2 nitrogen and oxygen atoms in total. The van der Waals surface area contributed by atoms with E-state index in [1.165, 1.54) is 5.56 Å². The van der Waals surface area contributed by atoms with E-state index < -0.39 is 0 Å². The van der Waals surface area contributed by atoms with E-state index in [2.05, 4.69) is 12.1 Å². The van der Waals surface area contributed by atoms with Crippen LogP contribution in [0.4, 0.5) is 0 Å². The Hall–Kier alpha value is -1.04. The number of benzene rings is 1. The Kier molecular flexibility index (Phi) is 4.14. The standard InChI is InChI=1S/C12H15ClN2/c1-9-6-11(4-5-12(9)13)8-15(3)10(2)7-14/h4-6,10H,8H2,1-3H3. The van der Waals surface area contributed by atoms with Crippen molar-refractivity contribution in [1.29, 1.82) is 5.26 Å². The first-order valence-electron chi connectivity index (χ1n) is 4.89. The van der Waals surface area contributed by atoms with Crippen molar-refractivity contribution in [3.63, 3.8) is 0 Å². The normalized spacial score (nSPS) is 12.5. The maximum atomic E-state index is 8.77. The van der Waals surface area contributed by atoms with E-state index in [9.17, 15) is 0 Å². The molecule has 80 valence electrons. The lowest BCUT2D eigenvalue weighted by atomic mass is 10.1. The SMILES string of the molecule is Cc1cc(CN(C)C(C)C#N)ccc1Cl. The predicted molar refractivity (Wildman–Crippen MR) is 62.7 cm³/mol. The maximum absolute atomic E-state index is 8.77. The van der Waals surface area contributed by atoms with Crippen molar-refractivity contribution >= 4 is 11.6 Å². The molecule has 3 heteroatoms. The quantitative estimate of drug-likeness (QED) is 0.786. The first kappa shape index (κ1) is 12.0. The van der Waals surface area contributed by atoms with Crippen LogP contribution in [0.25, 0.3) is 0 Å². The van der Waals surface area contributed by atoms with Gasteiger partial charge in [0.15, 0.2) is 0 Å². The van der Waals surface area contributed by atoms with Crippen LogP contribution in [0.15, 0.2) is 18.2 Å². The molecule has 0 aromatic heterocycles. The largest absolute Gasteiger partial charge is 0.287 e. The highest BCUT2D eigenvalue weighted by Crippen LogP contribution is 2.17. The average Bonchev–Trinajstić information content (AvgIpc) is 2.22. The van der Waals surface area contributed by atoms with Crippen LogP contribution in [0.1, 0.15) is 18.1 Å². The smallest absolute Gasteiger partial charge is 0.0949 e. The lowest BCUT2D eigenvalue weighted by Gasteiger charge is -2.19. The van der Waals surface area contributed by atoms with Gasteiger partial charge in [-0.25, -0.2) is 0 Å². The molecule has 1 rings (SSSR count). The van der Waals surface area contributed by atoms with Gasteiger partial charge in [0, 0.05) is 11.6 Å². The van der Waals surface area contributed by atoms with Gasteiger partial charge in [0.2, 0.25) is 0 Å². The van der Waals surface area contributed by atoms with Gasteiger partial charge in [0.05, 0.1) is 12.1 Å². The lowest BCUT2D eigenvalue weighted by molar-refractivity contribution is 0.294. The summed E-state index contributed by atoms with van der Waals surface area (Å²) < 4.78 is 0. The van der Waals surface area contributed by atoms with Crippen molar-refractivity contribution < 1.29 is 0 Å². The zero-order valence-corrected chi connectivity index (χ0v) is 10.0. The molecule has 0 amide bonds. The van der Waals surface area contributed by atoms with Crippen molar-refractivity contribution in [2.75, 3.05) is 7.05 Å². The first-order chi connectivity index (χ1) is 7.04. The molecule has 0 spiro atoms. The highest BCUT2D eigenvalue weighted by Gasteiger charge is 2.08. The predicted octanol–water partition coefficient (Wildman–Crippen LogP) is 2.99. The summed E-state index contributed by atoms with van der Waals surface area (Å²) in [6.45, 7) is 4.65. The Bertz CT molecular complexity index is 382. The van der Waals surface area contributed by atoms with Crippen LogP contribution < -0.4 is 0 Å². The van der Waals surface area contributed by atoms with Crippen molar-refractivity contribution in [1.82, 2.24) is 4.90 Å². The van der Waals surface area contributed by atoms with Crippen LogP contribution >= 0.6 is 11.6 Å². The monoisotopic (exact) mass is 222 g/mol. The molecule has 15 heavy (non-hydrogen) atoms. The van der Waals surface area contributed by atoms with Gasteiger partial charge in [0.1, 0.15) is 0 Å². The summed E-state index contributed by atoms with van der Waals surface area (Å²) in [6, 6.07) is 8.10. The molecule has 0 N–H and O–H groups in total. The Labute approximate surface area is 96.1 Å². The highest BCUT2D eigenvalue weighted by atomic mass is 35.5. The van der Waals surface area contributed by atoms with Gasteiger partial charge in [-0.15, -0.1) is 0 Å². The van der Waals surface area contributed by atoms with Gasteiger partial charge in [-0.3, -0.25) is 4.90 Å². The number of nitriles is 1. The zero-order valence-electron chi connectivity index (χ0n) is 9.29. The van der Waals surface area contributed by atoms with Crippen LogP contribution in [-0.2, 0) is 6.54 Å². The van der Waals surface area contributed by atoms with E-state index in [1.807, 2.05) is 37.9 Å². The molecule has 1 aromatic carbocycles. The van der Waals surface area contributed by atoms with Gasteiger partial charge >= 0.3 is 0 Å². The molecule has 1 atom stereocenters. The molecule has 0 aliphatic carbocycles. The fourth-order valence-corrected chi connectivity index (χ4v) is 1.45. The van der Waals surface area contributed by atoms with Crippen molar-refractivity contribution in [3.8, 4) is 6.07 Å². The van der Waals surface area contributed by atoms with Crippen LogP contribution in [0.3, 0.4) is 0 Å². The highest BCUT2D eigenvalue weighted by molar-refractivity contribution is 6.31. The van der Waals surface area contributed by atoms with Gasteiger partial charge in [-0.05, 0) is 38.1 Å². The molecule has 1 unspecified atom stereocenters.